The Bertz CT molecular complexity index is 895. The summed E-state index contributed by atoms with van der Waals surface area (Å²) in [7, 11) is 0. The Balaban J connectivity index is 1.85. The summed E-state index contributed by atoms with van der Waals surface area (Å²) in [4.78, 5) is 19.0. The maximum atomic E-state index is 11.9. The van der Waals surface area contributed by atoms with Gasteiger partial charge in [0, 0.05) is 16.5 Å². The molecule has 0 aliphatic rings. The van der Waals surface area contributed by atoms with Gasteiger partial charge in [-0.3, -0.25) is 4.79 Å². The van der Waals surface area contributed by atoms with E-state index < -0.39 is 0 Å². The number of carbonyl (C=O) groups excluding carboxylic acids is 1. The number of benzene rings is 1. The predicted molar refractivity (Wildman–Crippen MR) is 89.4 cm³/mol. The minimum atomic E-state index is -0.389. The van der Waals surface area contributed by atoms with Gasteiger partial charge in [0.15, 0.2) is 5.69 Å². The van der Waals surface area contributed by atoms with Gasteiger partial charge in [-0.2, -0.15) is 0 Å². The second-order valence-corrected chi connectivity index (χ2v) is 6.15. The van der Waals surface area contributed by atoms with Crippen molar-refractivity contribution >= 4 is 33.8 Å². The van der Waals surface area contributed by atoms with Crippen LogP contribution in [0.3, 0.4) is 0 Å². The number of nitrogens with one attached hydrogen (secondary N) is 1. The molecule has 2 aromatic heterocycles. The molecule has 3 aromatic rings. The van der Waals surface area contributed by atoms with E-state index in [2.05, 4.69) is 27.1 Å². The zero-order valence-corrected chi connectivity index (χ0v) is 13.6. The molecule has 2 heterocycles. The molecule has 0 spiro atoms. The molecule has 7 heteroatoms. The lowest BCUT2D eigenvalue weighted by Crippen LogP contribution is -1.97. The number of aromatic nitrogens is 2. The highest BCUT2D eigenvalue weighted by Gasteiger charge is 2.12. The van der Waals surface area contributed by atoms with Crippen LogP contribution >= 0.6 is 11.3 Å². The predicted octanol–water partition coefficient (Wildman–Crippen LogP) is 4.05. The Morgan fingerprint density at radius 3 is 2.96 bits per heavy atom. The molecule has 0 aliphatic carbocycles. The fraction of sp³-hybridized carbons (Fsp3) is 0.250. The molecule has 0 bridgehead atoms. The Kier molecular flexibility index (Phi) is 4.20. The van der Waals surface area contributed by atoms with Crippen molar-refractivity contribution in [3.05, 3.63) is 39.8 Å². The summed E-state index contributed by atoms with van der Waals surface area (Å²) in [6, 6.07) is 5.80. The summed E-state index contributed by atoms with van der Waals surface area (Å²) in [5.41, 5.74) is 3.06. The van der Waals surface area contributed by atoms with E-state index in [9.17, 15) is 9.90 Å². The van der Waals surface area contributed by atoms with E-state index in [0.29, 0.717) is 10.7 Å². The van der Waals surface area contributed by atoms with Gasteiger partial charge in [-0.05, 0) is 31.0 Å². The molecule has 0 saturated carbocycles. The van der Waals surface area contributed by atoms with Gasteiger partial charge in [0.25, 0.3) is 5.91 Å². The molecule has 0 radical (unpaired) electrons. The van der Waals surface area contributed by atoms with Gasteiger partial charge < -0.3 is 10.1 Å². The van der Waals surface area contributed by atoms with Crippen LogP contribution in [0.5, 0.6) is 5.88 Å². The fourth-order valence-corrected chi connectivity index (χ4v) is 3.05. The lowest BCUT2D eigenvalue weighted by atomic mass is 10.1. The second-order valence-electron chi connectivity index (χ2n) is 5.21. The van der Waals surface area contributed by atoms with Crippen molar-refractivity contribution in [3.63, 3.8) is 0 Å². The van der Waals surface area contributed by atoms with Crippen LogP contribution in [0, 0.1) is 6.92 Å². The Morgan fingerprint density at radius 1 is 1.43 bits per heavy atom. The van der Waals surface area contributed by atoms with Gasteiger partial charge in [0.2, 0.25) is 5.88 Å². The average molecular weight is 328 g/mol. The van der Waals surface area contributed by atoms with Crippen molar-refractivity contribution in [2.24, 2.45) is 10.2 Å². The van der Waals surface area contributed by atoms with E-state index in [-0.39, 0.29) is 18.2 Å². The molecule has 2 N–H and O–H groups in total. The number of amides is 1. The molecule has 118 valence electrons. The molecule has 0 atom stereocenters. The van der Waals surface area contributed by atoms with Crippen molar-refractivity contribution in [1.82, 2.24) is 9.97 Å². The first-order valence-electron chi connectivity index (χ1n) is 7.26. The first-order chi connectivity index (χ1) is 11.1. The number of thiazole rings is 1. The number of rotatable bonds is 4. The highest BCUT2D eigenvalue weighted by atomic mass is 32.1. The quantitative estimate of drug-likeness (QED) is 0.708. The summed E-state index contributed by atoms with van der Waals surface area (Å²) < 4.78 is 0. The third kappa shape index (κ3) is 3.29. The van der Waals surface area contributed by atoms with Gasteiger partial charge in [0.1, 0.15) is 5.01 Å². The van der Waals surface area contributed by atoms with Gasteiger partial charge in [0.05, 0.1) is 11.9 Å². The lowest BCUT2D eigenvalue weighted by Gasteiger charge is -1.96. The molecular formula is C16H16N4O2S. The number of aromatic amines is 1. The molecule has 0 aliphatic heterocycles. The largest absolute Gasteiger partial charge is 0.493 e. The van der Waals surface area contributed by atoms with E-state index in [1.54, 1.807) is 0 Å². The number of hydrogen-bond acceptors (Lipinski definition) is 5. The Hall–Kier alpha value is -2.54. The van der Waals surface area contributed by atoms with Crippen LogP contribution in [0.1, 0.15) is 23.2 Å². The smallest absolute Gasteiger partial charge is 0.271 e. The van der Waals surface area contributed by atoms with Crippen LogP contribution in [-0.4, -0.2) is 21.0 Å². The number of aromatic hydroxyl groups is 1. The first kappa shape index (κ1) is 15.4. The highest BCUT2D eigenvalue weighted by molar-refractivity contribution is 7.09. The third-order valence-corrected chi connectivity index (χ3v) is 4.42. The fourth-order valence-electron chi connectivity index (χ4n) is 2.29. The lowest BCUT2D eigenvalue weighted by molar-refractivity contribution is -0.117. The van der Waals surface area contributed by atoms with Crippen molar-refractivity contribution in [3.8, 4) is 5.88 Å². The second kappa shape index (κ2) is 6.29. The molecule has 3 rings (SSSR count). The highest BCUT2D eigenvalue weighted by Crippen LogP contribution is 2.36. The number of aryl methyl sites for hydroxylation is 2. The zero-order valence-electron chi connectivity index (χ0n) is 12.8. The van der Waals surface area contributed by atoms with Crippen molar-refractivity contribution < 1.29 is 9.90 Å². The van der Waals surface area contributed by atoms with E-state index in [0.717, 1.165) is 28.6 Å². The molecule has 1 aromatic carbocycles. The van der Waals surface area contributed by atoms with Crippen LogP contribution < -0.4 is 0 Å². The van der Waals surface area contributed by atoms with Crippen molar-refractivity contribution in [2.45, 2.75) is 26.7 Å². The van der Waals surface area contributed by atoms with Gasteiger partial charge in [-0.15, -0.1) is 21.6 Å². The Morgan fingerprint density at radius 2 is 2.26 bits per heavy atom. The number of hydrogen-bond donors (Lipinski definition) is 2. The molecule has 0 unspecified atom stereocenters. The topological polar surface area (TPSA) is 90.7 Å². The van der Waals surface area contributed by atoms with Gasteiger partial charge in [-0.1, -0.05) is 13.0 Å². The molecule has 0 saturated heterocycles. The van der Waals surface area contributed by atoms with E-state index >= 15 is 0 Å². The number of nitrogens with zero attached hydrogens (tertiary/aromatic N) is 3. The average Bonchev–Trinajstić information content (AvgIpc) is 3.07. The molecular weight excluding hydrogens is 312 g/mol. The summed E-state index contributed by atoms with van der Waals surface area (Å²) in [5, 5.41) is 21.0. The summed E-state index contributed by atoms with van der Waals surface area (Å²) >= 11 is 1.42. The SMILES string of the molecule is CCc1ccc2[nH]c(O)c(N=NC(=O)Cc3nc(C)cs3)c2c1. The van der Waals surface area contributed by atoms with Crippen LogP contribution in [0.2, 0.25) is 0 Å². The van der Waals surface area contributed by atoms with Crippen LogP contribution in [-0.2, 0) is 17.6 Å². The normalized spacial score (nSPS) is 11.6. The van der Waals surface area contributed by atoms with Crippen LogP contribution in [0.15, 0.2) is 33.8 Å². The summed E-state index contributed by atoms with van der Waals surface area (Å²) in [6.07, 6.45) is 0.992. The zero-order chi connectivity index (χ0) is 16.4. The number of carbonyl (C=O) groups is 1. The maximum Gasteiger partial charge on any atom is 0.271 e. The molecule has 6 nitrogen and oxygen atoms in total. The van der Waals surface area contributed by atoms with E-state index in [1.807, 2.05) is 30.5 Å². The maximum absolute atomic E-state index is 11.9. The van der Waals surface area contributed by atoms with E-state index in [4.69, 9.17) is 0 Å². The molecule has 23 heavy (non-hydrogen) atoms. The van der Waals surface area contributed by atoms with E-state index in [1.165, 1.54) is 11.3 Å². The summed E-state index contributed by atoms with van der Waals surface area (Å²) in [6.45, 7) is 3.93. The number of fused-ring (bicyclic) bond motifs is 1. The minimum absolute atomic E-state index is 0.0881. The van der Waals surface area contributed by atoms with Gasteiger partial charge in [-0.25, -0.2) is 4.98 Å². The minimum Gasteiger partial charge on any atom is -0.493 e. The van der Waals surface area contributed by atoms with Crippen molar-refractivity contribution in [1.29, 1.82) is 0 Å². The molecule has 1 amide bonds. The molecule has 0 fully saturated rings. The van der Waals surface area contributed by atoms with Crippen LogP contribution in [0.25, 0.3) is 10.9 Å². The summed E-state index contributed by atoms with van der Waals surface area (Å²) in [5.74, 6) is -0.477. The van der Waals surface area contributed by atoms with Crippen LogP contribution in [0.4, 0.5) is 5.69 Å². The number of azo groups is 1. The standard InChI is InChI=1S/C16H16N4O2S/c1-3-10-4-5-12-11(6-10)15(16(22)18-12)20-19-13(21)7-14-17-9(2)8-23-14/h4-6,8,18,22H,3,7H2,1-2H3. The monoisotopic (exact) mass is 328 g/mol. The van der Waals surface area contributed by atoms with Crippen molar-refractivity contribution in [2.75, 3.05) is 0 Å². The Labute approximate surface area is 136 Å². The first-order valence-corrected chi connectivity index (χ1v) is 8.14. The van der Waals surface area contributed by atoms with Gasteiger partial charge >= 0.3 is 0 Å². The number of H-pyrrole nitrogens is 1. The third-order valence-electron chi connectivity index (χ3n) is 3.46.